The molecule has 0 unspecified atom stereocenters. The fourth-order valence-electron chi connectivity index (χ4n) is 5.41. The molecular formula is C30H34F2N4O2. The van der Waals surface area contributed by atoms with E-state index in [-0.39, 0.29) is 24.5 Å². The monoisotopic (exact) mass is 520 g/mol. The predicted molar refractivity (Wildman–Crippen MR) is 144 cm³/mol. The molecule has 38 heavy (non-hydrogen) atoms. The van der Waals surface area contributed by atoms with E-state index >= 15 is 0 Å². The summed E-state index contributed by atoms with van der Waals surface area (Å²) in [5, 5.41) is 3.41. The second-order valence-corrected chi connectivity index (χ2v) is 9.99. The Labute approximate surface area is 222 Å². The van der Waals surface area contributed by atoms with E-state index < -0.39 is 11.6 Å². The van der Waals surface area contributed by atoms with E-state index in [4.69, 9.17) is 4.74 Å². The summed E-state index contributed by atoms with van der Waals surface area (Å²) in [6.45, 7) is 4.52. The molecule has 0 aliphatic carbocycles. The van der Waals surface area contributed by atoms with Gasteiger partial charge in [-0.25, -0.2) is 8.78 Å². The van der Waals surface area contributed by atoms with Gasteiger partial charge in [0.15, 0.2) is 0 Å². The number of rotatable bonds is 8. The number of ether oxygens (including phenoxy) is 1. The standard InChI is InChI=1S/C30H34F2N4O2/c1-38-27-11-9-26(10-12-27)34-13-15-35(16-14-34)30(37)29-18-25(21-36(29)20-22-5-3-2-4-6-22)33-19-23-7-8-24(31)17-28(23)32/h2-12,17,25,29,33H,13-16,18-21H2,1H3/t25-,29-/m0/s1. The number of hydrogen-bond acceptors (Lipinski definition) is 5. The van der Waals surface area contributed by atoms with Gasteiger partial charge in [0, 0.05) is 69.2 Å². The molecule has 3 aromatic carbocycles. The normalized spacial score (nSPS) is 20.1. The maximum atomic E-state index is 14.2. The lowest BCUT2D eigenvalue weighted by Crippen LogP contribution is -2.53. The van der Waals surface area contributed by atoms with Gasteiger partial charge >= 0.3 is 0 Å². The molecule has 2 atom stereocenters. The second-order valence-electron chi connectivity index (χ2n) is 9.99. The van der Waals surface area contributed by atoms with Gasteiger partial charge in [0.1, 0.15) is 17.4 Å². The summed E-state index contributed by atoms with van der Waals surface area (Å²) in [5.41, 5.74) is 2.70. The Balaban J connectivity index is 1.23. The molecule has 8 heteroatoms. The van der Waals surface area contributed by atoms with Crippen LogP contribution in [0.1, 0.15) is 17.5 Å². The van der Waals surface area contributed by atoms with Crippen LogP contribution in [0.5, 0.6) is 5.75 Å². The largest absolute Gasteiger partial charge is 0.497 e. The fourth-order valence-corrected chi connectivity index (χ4v) is 5.41. The third-order valence-corrected chi connectivity index (χ3v) is 7.54. The van der Waals surface area contributed by atoms with Crippen LogP contribution in [0.3, 0.4) is 0 Å². The van der Waals surface area contributed by atoms with E-state index in [2.05, 4.69) is 39.4 Å². The lowest BCUT2D eigenvalue weighted by Gasteiger charge is -2.38. The van der Waals surface area contributed by atoms with E-state index in [1.807, 2.05) is 35.2 Å². The van der Waals surface area contributed by atoms with Crippen molar-refractivity contribution in [3.63, 3.8) is 0 Å². The molecule has 1 amide bonds. The Morgan fingerprint density at radius 1 is 0.974 bits per heavy atom. The summed E-state index contributed by atoms with van der Waals surface area (Å²) < 4.78 is 32.7. The van der Waals surface area contributed by atoms with Crippen molar-refractivity contribution in [3.05, 3.63) is 95.6 Å². The molecule has 2 fully saturated rings. The molecule has 0 bridgehead atoms. The molecule has 200 valence electrons. The first-order valence-electron chi connectivity index (χ1n) is 13.1. The molecule has 2 aliphatic rings. The van der Waals surface area contributed by atoms with Gasteiger partial charge in [-0.15, -0.1) is 0 Å². The fraction of sp³-hybridized carbons (Fsp3) is 0.367. The van der Waals surface area contributed by atoms with Crippen LogP contribution in [0.25, 0.3) is 0 Å². The summed E-state index contributed by atoms with van der Waals surface area (Å²) in [6, 6.07) is 21.6. The first kappa shape index (κ1) is 26.1. The maximum Gasteiger partial charge on any atom is 0.240 e. The van der Waals surface area contributed by atoms with Gasteiger partial charge in [-0.3, -0.25) is 9.69 Å². The van der Waals surface area contributed by atoms with Crippen LogP contribution < -0.4 is 15.0 Å². The molecule has 0 aromatic heterocycles. The summed E-state index contributed by atoms with van der Waals surface area (Å²) in [7, 11) is 1.66. The van der Waals surface area contributed by atoms with Crippen molar-refractivity contribution in [2.24, 2.45) is 0 Å². The number of benzene rings is 3. The van der Waals surface area contributed by atoms with Crippen LogP contribution in [0.2, 0.25) is 0 Å². The molecular weight excluding hydrogens is 486 g/mol. The number of amides is 1. The third-order valence-electron chi connectivity index (χ3n) is 7.54. The van der Waals surface area contributed by atoms with Crippen molar-refractivity contribution in [1.29, 1.82) is 0 Å². The average Bonchev–Trinajstić information content (AvgIpc) is 3.35. The van der Waals surface area contributed by atoms with E-state index in [1.54, 1.807) is 7.11 Å². The van der Waals surface area contributed by atoms with E-state index in [1.165, 1.54) is 12.1 Å². The summed E-state index contributed by atoms with van der Waals surface area (Å²) in [6.07, 6.45) is 0.646. The van der Waals surface area contributed by atoms with Crippen molar-refractivity contribution in [1.82, 2.24) is 15.1 Å². The maximum absolute atomic E-state index is 14.2. The Bertz CT molecular complexity index is 1220. The lowest BCUT2D eigenvalue weighted by molar-refractivity contribution is -0.136. The number of anilines is 1. The number of carbonyl (C=O) groups excluding carboxylic acids is 1. The number of likely N-dealkylation sites (tertiary alicyclic amines) is 1. The smallest absolute Gasteiger partial charge is 0.240 e. The number of piperazine rings is 1. The van der Waals surface area contributed by atoms with Gasteiger partial charge in [0.25, 0.3) is 0 Å². The highest BCUT2D eigenvalue weighted by atomic mass is 19.1. The predicted octanol–water partition coefficient (Wildman–Crippen LogP) is 4.05. The number of methoxy groups -OCH3 is 1. The van der Waals surface area contributed by atoms with Crippen LogP contribution in [0.15, 0.2) is 72.8 Å². The number of nitrogens with zero attached hydrogens (tertiary/aromatic N) is 3. The molecule has 2 heterocycles. The van der Waals surface area contributed by atoms with Crippen molar-refractivity contribution >= 4 is 11.6 Å². The van der Waals surface area contributed by atoms with Crippen LogP contribution in [-0.2, 0) is 17.9 Å². The SMILES string of the molecule is COc1ccc(N2CCN(C(=O)[C@@H]3C[C@H](NCc4ccc(F)cc4F)CN3Cc3ccccc3)CC2)cc1. The highest BCUT2D eigenvalue weighted by Gasteiger charge is 2.39. The van der Waals surface area contributed by atoms with Gasteiger partial charge in [-0.2, -0.15) is 0 Å². The van der Waals surface area contributed by atoms with Gasteiger partial charge in [-0.05, 0) is 42.3 Å². The second kappa shape index (κ2) is 11.9. The van der Waals surface area contributed by atoms with Crippen LogP contribution in [-0.4, -0.2) is 67.6 Å². The highest BCUT2D eigenvalue weighted by Crippen LogP contribution is 2.25. The molecule has 0 spiro atoms. The van der Waals surface area contributed by atoms with E-state index in [9.17, 15) is 13.6 Å². The quantitative estimate of drug-likeness (QED) is 0.486. The van der Waals surface area contributed by atoms with E-state index in [0.29, 0.717) is 38.2 Å². The average molecular weight is 521 g/mol. The molecule has 3 aromatic rings. The Kier molecular flexibility index (Phi) is 8.20. The number of nitrogens with one attached hydrogen (secondary N) is 1. The Morgan fingerprint density at radius 2 is 1.71 bits per heavy atom. The minimum Gasteiger partial charge on any atom is -0.497 e. The topological polar surface area (TPSA) is 48.1 Å². The van der Waals surface area contributed by atoms with Crippen LogP contribution >= 0.6 is 0 Å². The number of carbonyl (C=O) groups is 1. The lowest BCUT2D eigenvalue weighted by atomic mass is 10.1. The first-order chi connectivity index (χ1) is 18.5. The number of hydrogen-bond donors (Lipinski definition) is 1. The molecule has 2 aliphatic heterocycles. The molecule has 6 nitrogen and oxygen atoms in total. The van der Waals surface area contributed by atoms with Crippen LogP contribution in [0.4, 0.5) is 14.5 Å². The molecule has 0 saturated carbocycles. The van der Waals surface area contributed by atoms with Crippen molar-refractivity contribution < 1.29 is 18.3 Å². The zero-order chi connectivity index (χ0) is 26.5. The van der Waals surface area contributed by atoms with Gasteiger partial charge in [0.2, 0.25) is 5.91 Å². The van der Waals surface area contributed by atoms with Crippen molar-refractivity contribution in [2.45, 2.75) is 31.6 Å². The third kappa shape index (κ3) is 6.14. The summed E-state index contributed by atoms with van der Waals surface area (Å²) in [5.74, 6) is -0.168. The highest BCUT2D eigenvalue weighted by molar-refractivity contribution is 5.82. The van der Waals surface area contributed by atoms with Gasteiger partial charge in [0.05, 0.1) is 13.2 Å². The van der Waals surface area contributed by atoms with Crippen molar-refractivity contribution in [2.75, 3.05) is 44.7 Å². The summed E-state index contributed by atoms with van der Waals surface area (Å²) in [4.78, 5) is 20.3. The molecule has 2 saturated heterocycles. The summed E-state index contributed by atoms with van der Waals surface area (Å²) >= 11 is 0. The Morgan fingerprint density at radius 3 is 2.39 bits per heavy atom. The first-order valence-corrected chi connectivity index (χ1v) is 13.1. The van der Waals surface area contributed by atoms with Crippen molar-refractivity contribution in [3.8, 4) is 5.75 Å². The number of halogens is 2. The van der Waals surface area contributed by atoms with Gasteiger partial charge in [-0.1, -0.05) is 36.4 Å². The van der Waals surface area contributed by atoms with Gasteiger partial charge < -0.3 is 19.9 Å². The zero-order valence-electron chi connectivity index (χ0n) is 21.7. The molecule has 1 N–H and O–H groups in total. The zero-order valence-corrected chi connectivity index (χ0v) is 21.7. The Hall–Kier alpha value is -3.49. The van der Waals surface area contributed by atoms with Crippen LogP contribution in [0, 0.1) is 11.6 Å². The molecule has 5 rings (SSSR count). The minimum absolute atomic E-state index is 0.0257. The minimum atomic E-state index is -0.584. The molecule has 0 radical (unpaired) electrons. The van der Waals surface area contributed by atoms with E-state index in [0.717, 1.165) is 36.2 Å².